The number of thiophene rings is 1. The maximum Gasteiger partial charge on any atom is 0.0851 e. The fourth-order valence-electron chi connectivity index (χ4n) is 2.91. The van der Waals surface area contributed by atoms with Crippen LogP contribution in [0.2, 0.25) is 0 Å². The van der Waals surface area contributed by atoms with Crippen LogP contribution in [0.25, 0.3) is 0 Å². The van der Waals surface area contributed by atoms with Gasteiger partial charge in [0.25, 0.3) is 0 Å². The van der Waals surface area contributed by atoms with E-state index in [1.165, 1.54) is 21.5 Å². The minimum absolute atomic E-state index is 0.0695. The molecular weight excluding hydrogens is 312 g/mol. The number of halogens is 1. The van der Waals surface area contributed by atoms with Crippen molar-refractivity contribution in [3.63, 3.8) is 0 Å². The summed E-state index contributed by atoms with van der Waals surface area (Å²) < 4.78 is 7.24. The second kappa shape index (κ2) is 6.48. The number of hydrogen-bond donors (Lipinski definition) is 2. The van der Waals surface area contributed by atoms with E-state index in [2.05, 4.69) is 40.4 Å². The van der Waals surface area contributed by atoms with Crippen LogP contribution in [-0.4, -0.2) is 18.2 Å². The molecule has 1 heterocycles. The molecule has 0 radical (unpaired) electrons. The van der Waals surface area contributed by atoms with E-state index < -0.39 is 0 Å². The van der Waals surface area contributed by atoms with E-state index in [0.717, 1.165) is 25.9 Å². The first-order valence-corrected chi connectivity index (χ1v) is 8.15. The molecule has 1 aliphatic rings. The molecule has 1 unspecified atom stereocenters. The summed E-state index contributed by atoms with van der Waals surface area (Å²) in [6.07, 6.45) is 5.65. The molecule has 18 heavy (non-hydrogen) atoms. The highest BCUT2D eigenvalue weighted by molar-refractivity contribution is 9.11. The van der Waals surface area contributed by atoms with Crippen LogP contribution in [0.15, 0.2) is 15.9 Å². The normalized spacial score (nSPS) is 20.2. The van der Waals surface area contributed by atoms with Crippen molar-refractivity contribution in [1.29, 1.82) is 0 Å². The Kier molecular flexibility index (Phi) is 5.21. The third-order valence-electron chi connectivity index (χ3n) is 3.75. The minimum Gasteiger partial charge on any atom is -0.374 e. The van der Waals surface area contributed by atoms with Gasteiger partial charge in [0.05, 0.1) is 15.4 Å². The third kappa shape index (κ3) is 3.14. The molecule has 3 nitrogen and oxygen atoms in total. The lowest BCUT2D eigenvalue weighted by atomic mass is 9.89. The molecular formula is C13H21BrN2OS. The third-order valence-corrected chi connectivity index (χ3v) is 5.40. The zero-order valence-corrected chi connectivity index (χ0v) is 13.1. The number of rotatable bonds is 6. The molecule has 1 aromatic rings. The van der Waals surface area contributed by atoms with Gasteiger partial charge in [0.2, 0.25) is 0 Å². The van der Waals surface area contributed by atoms with Crippen molar-refractivity contribution in [2.45, 2.75) is 50.7 Å². The average molecular weight is 333 g/mol. The first kappa shape index (κ1) is 14.5. The first-order valence-electron chi connectivity index (χ1n) is 6.54. The number of ether oxygens (including phenoxy) is 1. The van der Waals surface area contributed by atoms with E-state index in [4.69, 9.17) is 10.6 Å². The SMILES string of the molecule is CCOC1(C(Cc2ccc(Br)s2)NN)CCCC1. The van der Waals surface area contributed by atoms with Gasteiger partial charge in [0, 0.05) is 17.9 Å². The molecule has 1 saturated carbocycles. The fourth-order valence-corrected chi connectivity index (χ4v) is 4.44. The highest BCUT2D eigenvalue weighted by atomic mass is 79.9. The molecule has 0 bridgehead atoms. The predicted molar refractivity (Wildman–Crippen MR) is 79.7 cm³/mol. The van der Waals surface area contributed by atoms with E-state index in [-0.39, 0.29) is 11.6 Å². The summed E-state index contributed by atoms with van der Waals surface area (Å²) in [6, 6.07) is 4.45. The van der Waals surface area contributed by atoms with Gasteiger partial charge in [-0.2, -0.15) is 0 Å². The summed E-state index contributed by atoms with van der Waals surface area (Å²) in [4.78, 5) is 1.34. The lowest BCUT2D eigenvalue weighted by Gasteiger charge is -2.36. The summed E-state index contributed by atoms with van der Waals surface area (Å²) in [5.41, 5.74) is 2.92. The minimum atomic E-state index is -0.0695. The van der Waals surface area contributed by atoms with Gasteiger partial charge in [-0.1, -0.05) is 12.8 Å². The summed E-state index contributed by atoms with van der Waals surface area (Å²) in [5.74, 6) is 5.79. The smallest absolute Gasteiger partial charge is 0.0851 e. The van der Waals surface area contributed by atoms with E-state index in [0.29, 0.717) is 0 Å². The van der Waals surface area contributed by atoms with Crippen molar-refractivity contribution in [2.75, 3.05) is 6.61 Å². The molecule has 1 aliphatic carbocycles. The van der Waals surface area contributed by atoms with E-state index in [9.17, 15) is 0 Å². The maximum absolute atomic E-state index is 6.07. The van der Waals surface area contributed by atoms with Crippen LogP contribution in [0, 0.1) is 0 Å². The quantitative estimate of drug-likeness (QED) is 0.621. The van der Waals surface area contributed by atoms with Crippen molar-refractivity contribution in [3.05, 3.63) is 20.8 Å². The van der Waals surface area contributed by atoms with Gasteiger partial charge < -0.3 is 4.74 Å². The average Bonchev–Trinajstić information content (AvgIpc) is 2.97. The zero-order valence-electron chi connectivity index (χ0n) is 10.7. The predicted octanol–water partition coefficient (Wildman–Crippen LogP) is 3.23. The Bertz CT molecular complexity index is 377. The van der Waals surface area contributed by atoms with Gasteiger partial charge in [-0.05, 0) is 47.8 Å². The summed E-state index contributed by atoms with van der Waals surface area (Å²) in [7, 11) is 0. The molecule has 0 spiro atoms. The monoisotopic (exact) mass is 332 g/mol. The first-order chi connectivity index (χ1) is 8.70. The zero-order chi connectivity index (χ0) is 13.0. The van der Waals surface area contributed by atoms with Gasteiger partial charge in [-0.25, -0.2) is 0 Å². The lowest BCUT2D eigenvalue weighted by Crippen LogP contribution is -2.54. The van der Waals surface area contributed by atoms with Crippen molar-refractivity contribution >= 4 is 27.3 Å². The molecule has 1 aromatic heterocycles. The summed E-state index contributed by atoms with van der Waals surface area (Å²) in [6.45, 7) is 2.82. The van der Waals surface area contributed by atoms with Crippen LogP contribution in [-0.2, 0) is 11.2 Å². The van der Waals surface area contributed by atoms with Gasteiger partial charge in [-0.15, -0.1) is 11.3 Å². The summed E-state index contributed by atoms with van der Waals surface area (Å²) >= 11 is 5.28. The Morgan fingerprint density at radius 2 is 2.22 bits per heavy atom. The second-order valence-electron chi connectivity index (χ2n) is 4.83. The lowest BCUT2D eigenvalue weighted by molar-refractivity contribution is -0.0611. The Morgan fingerprint density at radius 1 is 1.50 bits per heavy atom. The highest BCUT2D eigenvalue weighted by Crippen LogP contribution is 2.38. The molecule has 0 saturated heterocycles. The van der Waals surface area contributed by atoms with Crippen LogP contribution in [0.5, 0.6) is 0 Å². The fraction of sp³-hybridized carbons (Fsp3) is 0.692. The molecule has 5 heteroatoms. The number of nitrogens with two attached hydrogens (primary N) is 1. The molecule has 0 aliphatic heterocycles. The van der Waals surface area contributed by atoms with Gasteiger partial charge in [-0.3, -0.25) is 11.3 Å². The largest absolute Gasteiger partial charge is 0.374 e. The Hall–Kier alpha value is 0.0600. The van der Waals surface area contributed by atoms with Crippen LogP contribution in [0.3, 0.4) is 0 Å². The molecule has 1 fully saturated rings. The van der Waals surface area contributed by atoms with Crippen LogP contribution in [0.4, 0.5) is 0 Å². The van der Waals surface area contributed by atoms with Gasteiger partial charge in [0.1, 0.15) is 0 Å². The van der Waals surface area contributed by atoms with Crippen molar-refractivity contribution in [2.24, 2.45) is 5.84 Å². The number of hydrazine groups is 1. The standard InChI is InChI=1S/C13H21BrN2OS/c1-2-17-13(7-3-4-8-13)11(16-15)9-10-5-6-12(14)18-10/h5-6,11,16H,2-4,7-9,15H2,1H3. The molecule has 102 valence electrons. The number of nitrogens with one attached hydrogen (secondary N) is 1. The summed E-state index contributed by atoms with van der Waals surface area (Å²) in [5, 5.41) is 0. The van der Waals surface area contributed by atoms with E-state index in [1.54, 1.807) is 11.3 Å². The molecule has 1 atom stereocenters. The van der Waals surface area contributed by atoms with Gasteiger partial charge >= 0.3 is 0 Å². The maximum atomic E-state index is 6.07. The van der Waals surface area contributed by atoms with Crippen LogP contribution < -0.4 is 11.3 Å². The van der Waals surface area contributed by atoms with Crippen LogP contribution >= 0.6 is 27.3 Å². The van der Waals surface area contributed by atoms with Crippen molar-refractivity contribution < 1.29 is 4.74 Å². The van der Waals surface area contributed by atoms with E-state index >= 15 is 0 Å². The molecule has 0 aromatic carbocycles. The second-order valence-corrected chi connectivity index (χ2v) is 7.38. The Balaban J connectivity index is 2.10. The van der Waals surface area contributed by atoms with E-state index in [1.807, 2.05) is 0 Å². The van der Waals surface area contributed by atoms with Crippen molar-refractivity contribution in [1.82, 2.24) is 5.43 Å². The topological polar surface area (TPSA) is 47.3 Å². The highest BCUT2D eigenvalue weighted by Gasteiger charge is 2.41. The van der Waals surface area contributed by atoms with Crippen molar-refractivity contribution in [3.8, 4) is 0 Å². The Morgan fingerprint density at radius 3 is 2.72 bits per heavy atom. The number of hydrogen-bond acceptors (Lipinski definition) is 4. The molecule has 3 N–H and O–H groups in total. The Labute approximate surface area is 121 Å². The molecule has 2 rings (SSSR count). The molecule has 0 amide bonds. The van der Waals surface area contributed by atoms with Crippen LogP contribution in [0.1, 0.15) is 37.5 Å². The van der Waals surface area contributed by atoms with Gasteiger partial charge in [0.15, 0.2) is 0 Å².